The Kier molecular flexibility index (Phi) is 4.30. The van der Waals surface area contributed by atoms with Crippen LogP contribution in [0, 0.1) is 0 Å². The van der Waals surface area contributed by atoms with Crippen molar-refractivity contribution in [3.63, 3.8) is 0 Å². The molecule has 1 aliphatic rings. The second-order valence-corrected chi connectivity index (χ2v) is 5.05. The number of nitrogens with one attached hydrogen (secondary N) is 1. The highest BCUT2D eigenvalue weighted by Crippen LogP contribution is 2.32. The predicted octanol–water partition coefficient (Wildman–Crippen LogP) is 2.48. The number of rotatable bonds is 6. The second-order valence-electron chi connectivity index (χ2n) is 5.05. The summed E-state index contributed by atoms with van der Waals surface area (Å²) in [5, 5.41) is 3.01. The highest BCUT2D eigenvalue weighted by atomic mass is 16.5. The van der Waals surface area contributed by atoms with Crippen molar-refractivity contribution in [2.75, 3.05) is 14.2 Å². The minimum atomic E-state index is 0.118. The van der Waals surface area contributed by atoms with Gasteiger partial charge in [-0.1, -0.05) is 13.0 Å². The summed E-state index contributed by atoms with van der Waals surface area (Å²) in [6.07, 6.45) is 2.72. The molecule has 0 bridgehead atoms. The molecule has 0 aliphatic heterocycles. The number of hydrogen-bond acceptors (Lipinski definition) is 3. The third kappa shape index (κ3) is 3.63. The number of ether oxygens (including phenoxy) is 2. The van der Waals surface area contributed by atoms with Crippen molar-refractivity contribution >= 4 is 5.91 Å². The Labute approximate surface area is 114 Å². The highest BCUT2D eigenvalue weighted by Gasteiger charge is 2.24. The molecule has 1 saturated carbocycles. The lowest BCUT2D eigenvalue weighted by Crippen LogP contribution is -2.26. The molecule has 0 aromatic heterocycles. The van der Waals surface area contributed by atoms with Gasteiger partial charge in [-0.25, -0.2) is 0 Å². The van der Waals surface area contributed by atoms with Crippen molar-refractivity contribution in [1.29, 1.82) is 0 Å². The molecule has 0 saturated heterocycles. The van der Waals surface area contributed by atoms with Gasteiger partial charge in [0.25, 0.3) is 0 Å². The average molecular weight is 263 g/mol. The molecule has 1 aliphatic carbocycles. The SMILES string of the molecule is COc1ccc(C(C)CC(=O)NC2CC2)c(OC)c1. The first-order valence-corrected chi connectivity index (χ1v) is 6.65. The largest absolute Gasteiger partial charge is 0.497 e. The lowest BCUT2D eigenvalue weighted by Gasteiger charge is -2.16. The molecule has 0 heterocycles. The van der Waals surface area contributed by atoms with Crippen molar-refractivity contribution in [1.82, 2.24) is 5.32 Å². The van der Waals surface area contributed by atoms with Crippen LogP contribution in [0.25, 0.3) is 0 Å². The van der Waals surface area contributed by atoms with Gasteiger partial charge < -0.3 is 14.8 Å². The van der Waals surface area contributed by atoms with Crippen molar-refractivity contribution in [3.8, 4) is 11.5 Å². The minimum Gasteiger partial charge on any atom is -0.497 e. The fraction of sp³-hybridized carbons (Fsp3) is 0.533. The molecule has 1 unspecified atom stereocenters. The standard InChI is InChI=1S/C15H21NO3/c1-10(8-15(17)16-11-4-5-11)13-7-6-12(18-2)9-14(13)19-3/h6-7,9-11H,4-5,8H2,1-3H3,(H,16,17). The summed E-state index contributed by atoms with van der Waals surface area (Å²) in [4.78, 5) is 11.8. The summed E-state index contributed by atoms with van der Waals surface area (Å²) in [7, 11) is 3.26. The molecule has 1 aromatic carbocycles. The Bertz CT molecular complexity index is 455. The molecule has 4 nitrogen and oxygen atoms in total. The van der Waals surface area contributed by atoms with Gasteiger partial charge in [0.1, 0.15) is 11.5 Å². The maximum absolute atomic E-state index is 11.8. The number of methoxy groups -OCH3 is 2. The third-order valence-corrected chi connectivity index (χ3v) is 3.41. The average Bonchev–Trinajstić information content (AvgIpc) is 3.21. The van der Waals surface area contributed by atoms with Gasteiger partial charge in [0.05, 0.1) is 14.2 Å². The minimum absolute atomic E-state index is 0.118. The van der Waals surface area contributed by atoms with Crippen molar-refractivity contribution in [2.45, 2.75) is 38.1 Å². The van der Waals surface area contributed by atoms with E-state index in [4.69, 9.17) is 9.47 Å². The highest BCUT2D eigenvalue weighted by molar-refractivity contribution is 5.77. The topological polar surface area (TPSA) is 47.6 Å². The molecule has 1 atom stereocenters. The van der Waals surface area contributed by atoms with E-state index in [0.717, 1.165) is 29.9 Å². The molecular formula is C15H21NO3. The fourth-order valence-corrected chi connectivity index (χ4v) is 2.13. The van der Waals surface area contributed by atoms with E-state index in [1.54, 1.807) is 14.2 Å². The summed E-state index contributed by atoms with van der Waals surface area (Å²) >= 11 is 0. The van der Waals surface area contributed by atoms with Crippen LogP contribution in [0.5, 0.6) is 11.5 Å². The maximum atomic E-state index is 11.8. The third-order valence-electron chi connectivity index (χ3n) is 3.41. The number of benzene rings is 1. The van der Waals surface area contributed by atoms with E-state index in [2.05, 4.69) is 5.32 Å². The first-order valence-electron chi connectivity index (χ1n) is 6.65. The summed E-state index contributed by atoms with van der Waals surface area (Å²) in [5.74, 6) is 1.77. The van der Waals surface area contributed by atoms with Gasteiger partial charge in [-0.15, -0.1) is 0 Å². The lowest BCUT2D eigenvalue weighted by molar-refractivity contribution is -0.121. The number of hydrogen-bond donors (Lipinski definition) is 1. The lowest BCUT2D eigenvalue weighted by atomic mass is 9.96. The summed E-state index contributed by atoms with van der Waals surface area (Å²) in [6.45, 7) is 2.04. The van der Waals surface area contributed by atoms with Crippen LogP contribution in [0.3, 0.4) is 0 Å². The number of carbonyl (C=O) groups is 1. The Balaban J connectivity index is 2.04. The zero-order valence-corrected chi connectivity index (χ0v) is 11.7. The van der Waals surface area contributed by atoms with Crippen molar-refractivity contribution < 1.29 is 14.3 Å². The number of amides is 1. The van der Waals surface area contributed by atoms with Crippen LogP contribution >= 0.6 is 0 Å². The van der Waals surface area contributed by atoms with Crippen LogP contribution < -0.4 is 14.8 Å². The Morgan fingerprint density at radius 1 is 1.37 bits per heavy atom. The molecule has 19 heavy (non-hydrogen) atoms. The zero-order chi connectivity index (χ0) is 13.8. The van der Waals surface area contributed by atoms with E-state index in [1.165, 1.54) is 0 Å². The Hall–Kier alpha value is -1.71. The molecule has 2 rings (SSSR count). The van der Waals surface area contributed by atoms with Crippen molar-refractivity contribution in [2.24, 2.45) is 0 Å². The summed E-state index contributed by atoms with van der Waals surface area (Å²) in [5.41, 5.74) is 1.04. The van der Waals surface area contributed by atoms with Gasteiger partial charge in [0.15, 0.2) is 0 Å². The molecule has 104 valence electrons. The maximum Gasteiger partial charge on any atom is 0.220 e. The first kappa shape index (κ1) is 13.7. The molecule has 1 fully saturated rings. The monoisotopic (exact) mass is 263 g/mol. The fourth-order valence-electron chi connectivity index (χ4n) is 2.13. The normalized spacial score (nSPS) is 15.7. The molecule has 1 aromatic rings. The molecule has 0 radical (unpaired) electrons. The van der Waals surface area contributed by atoms with Gasteiger partial charge in [-0.05, 0) is 30.4 Å². The van der Waals surface area contributed by atoms with Crippen LogP contribution in [-0.4, -0.2) is 26.2 Å². The first-order chi connectivity index (χ1) is 9.13. The van der Waals surface area contributed by atoms with E-state index < -0.39 is 0 Å². The van der Waals surface area contributed by atoms with E-state index in [1.807, 2.05) is 25.1 Å². The Morgan fingerprint density at radius 2 is 2.11 bits per heavy atom. The molecule has 1 N–H and O–H groups in total. The molecule has 4 heteroatoms. The van der Waals surface area contributed by atoms with Gasteiger partial charge in [-0.3, -0.25) is 4.79 Å². The summed E-state index contributed by atoms with van der Waals surface area (Å²) in [6, 6.07) is 6.13. The molecule has 1 amide bonds. The van der Waals surface area contributed by atoms with Crippen LogP contribution in [0.4, 0.5) is 0 Å². The van der Waals surface area contributed by atoms with Crippen molar-refractivity contribution in [3.05, 3.63) is 23.8 Å². The van der Waals surface area contributed by atoms with Gasteiger partial charge >= 0.3 is 0 Å². The van der Waals surface area contributed by atoms with Gasteiger partial charge in [0.2, 0.25) is 5.91 Å². The predicted molar refractivity (Wildman–Crippen MR) is 73.7 cm³/mol. The summed E-state index contributed by atoms with van der Waals surface area (Å²) < 4.78 is 10.5. The Morgan fingerprint density at radius 3 is 2.68 bits per heavy atom. The van der Waals surface area contributed by atoms with Crippen LogP contribution in [0.2, 0.25) is 0 Å². The molecular weight excluding hydrogens is 242 g/mol. The van der Waals surface area contributed by atoms with Crippen LogP contribution in [0.1, 0.15) is 37.7 Å². The van der Waals surface area contributed by atoms with E-state index >= 15 is 0 Å². The van der Waals surface area contributed by atoms with Gasteiger partial charge in [0, 0.05) is 18.5 Å². The number of carbonyl (C=O) groups excluding carboxylic acids is 1. The second kappa shape index (κ2) is 5.95. The van der Waals surface area contributed by atoms with Gasteiger partial charge in [-0.2, -0.15) is 0 Å². The quantitative estimate of drug-likeness (QED) is 0.857. The van der Waals surface area contributed by atoms with Crippen LogP contribution in [-0.2, 0) is 4.79 Å². The van der Waals surface area contributed by atoms with E-state index in [0.29, 0.717) is 12.5 Å². The van der Waals surface area contributed by atoms with E-state index in [-0.39, 0.29) is 11.8 Å². The van der Waals surface area contributed by atoms with E-state index in [9.17, 15) is 4.79 Å². The molecule has 0 spiro atoms. The zero-order valence-electron chi connectivity index (χ0n) is 11.7. The smallest absolute Gasteiger partial charge is 0.220 e. The van der Waals surface area contributed by atoms with Crippen LogP contribution in [0.15, 0.2) is 18.2 Å².